The van der Waals surface area contributed by atoms with Gasteiger partial charge in [0.05, 0.1) is 6.10 Å². The molecular formula is C21H24FeO8. The van der Waals surface area contributed by atoms with Gasteiger partial charge in [0.1, 0.15) is 0 Å². The van der Waals surface area contributed by atoms with Crippen molar-refractivity contribution in [2.24, 2.45) is 17.8 Å². The molecule has 0 unspecified atom stereocenters. The molecule has 0 aromatic rings. The van der Waals surface area contributed by atoms with Gasteiger partial charge in [0.2, 0.25) is 0 Å². The summed E-state index contributed by atoms with van der Waals surface area (Å²) >= 11 is 0. The van der Waals surface area contributed by atoms with Gasteiger partial charge in [-0.3, -0.25) is 9.59 Å². The average molecular weight is 460 g/mol. The Morgan fingerprint density at radius 1 is 0.967 bits per heavy atom. The monoisotopic (exact) mass is 460 g/mol. The molecule has 1 rings (SSSR count). The number of cyclic esters (lactones) is 2. The van der Waals surface area contributed by atoms with Crippen molar-refractivity contribution in [1.29, 1.82) is 0 Å². The first kappa shape index (κ1) is 35.1. The van der Waals surface area contributed by atoms with E-state index in [1.54, 1.807) is 30.4 Å². The van der Waals surface area contributed by atoms with Crippen LogP contribution in [0.25, 0.3) is 0 Å². The molecule has 0 bridgehead atoms. The number of esters is 2. The number of rotatable bonds is 7. The molecule has 0 aliphatic carbocycles. The van der Waals surface area contributed by atoms with Gasteiger partial charge in [-0.25, -0.2) is 0 Å². The van der Waals surface area contributed by atoms with Crippen LogP contribution in [0.3, 0.4) is 0 Å². The standard InChI is InChI=1S/C18H24O5.3CO.Fe/c1-6-12(3)14(19)11-9-8-10-13(7-2)15-16(20)22-18(4,5)23-17(15)21;3*1-2;/h6-15,19H,1-2H2,3-5H3;;;;/b10-8+,11-9+;;;;/t12-,13-,14+;;;;/m1..../s1. The van der Waals surface area contributed by atoms with Crippen LogP contribution < -0.4 is 0 Å². The molecule has 1 saturated heterocycles. The van der Waals surface area contributed by atoms with E-state index in [0.717, 1.165) is 0 Å². The maximum absolute atomic E-state index is 12.0. The van der Waals surface area contributed by atoms with Crippen molar-refractivity contribution in [3.05, 3.63) is 69.6 Å². The number of ether oxygens (including phenoxy) is 2. The van der Waals surface area contributed by atoms with E-state index in [2.05, 4.69) is 33.1 Å². The number of carbonyl (C=O) groups excluding carboxylic acids is 2. The summed E-state index contributed by atoms with van der Waals surface area (Å²) in [5, 5.41) is 9.77. The molecule has 30 heavy (non-hydrogen) atoms. The Labute approximate surface area is 187 Å². The summed E-state index contributed by atoms with van der Waals surface area (Å²) in [6, 6.07) is 0. The van der Waals surface area contributed by atoms with E-state index in [1.165, 1.54) is 19.9 Å². The molecule has 1 aliphatic rings. The zero-order valence-electron chi connectivity index (χ0n) is 16.8. The molecule has 1 heterocycles. The summed E-state index contributed by atoms with van der Waals surface area (Å²) < 4.78 is 32.7. The average Bonchev–Trinajstić information content (AvgIpc) is 2.71. The van der Waals surface area contributed by atoms with Crippen LogP contribution in [0.2, 0.25) is 0 Å². The van der Waals surface area contributed by atoms with Crippen LogP contribution in [-0.2, 0) is 50.1 Å². The fraction of sp³-hybridized carbons (Fsp3) is 0.381. The Morgan fingerprint density at radius 3 is 1.73 bits per heavy atom. The molecule has 0 radical (unpaired) electrons. The van der Waals surface area contributed by atoms with Crippen LogP contribution >= 0.6 is 0 Å². The van der Waals surface area contributed by atoms with Crippen molar-refractivity contribution >= 4 is 11.9 Å². The van der Waals surface area contributed by atoms with Gasteiger partial charge in [-0.05, 0) is 0 Å². The molecule has 0 amide bonds. The van der Waals surface area contributed by atoms with Gasteiger partial charge in [-0.2, -0.15) is 0 Å². The Hall–Kier alpha value is -2.40. The summed E-state index contributed by atoms with van der Waals surface area (Å²) in [7, 11) is 0. The van der Waals surface area contributed by atoms with Crippen LogP contribution in [-0.4, -0.2) is 28.9 Å². The van der Waals surface area contributed by atoms with Crippen molar-refractivity contribution in [1.82, 2.24) is 0 Å². The van der Waals surface area contributed by atoms with Crippen molar-refractivity contribution in [2.45, 2.75) is 32.7 Å². The third-order valence-electron chi connectivity index (χ3n) is 3.52. The van der Waals surface area contributed by atoms with Crippen LogP contribution in [0.5, 0.6) is 0 Å². The quantitative estimate of drug-likeness (QED) is 0.119. The van der Waals surface area contributed by atoms with Gasteiger partial charge < -0.3 is 14.6 Å². The first-order chi connectivity index (χ1) is 13.7. The van der Waals surface area contributed by atoms with E-state index in [0.29, 0.717) is 0 Å². The van der Waals surface area contributed by atoms with Crippen molar-refractivity contribution < 1.29 is 55.2 Å². The largest absolute Gasteiger partial charge is 0 e. The topological polar surface area (TPSA) is 133 Å². The first-order valence-electron chi connectivity index (χ1n) is 8.07. The maximum Gasteiger partial charge on any atom is 0 e. The minimum atomic E-state index is -1.25. The summed E-state index contributed by atoms with van der Waals surface area (Å²) in [5.74, 6) is -4.20. The molecule has 0 spiro atoms. The van der Waals surface area contributed by atoms with Gasteiger partial charge in [-0.1, -0.05) is 43.4 Å². The van der Waals surface area contributed by atoms with Crippen molar-refractivity contribution in [2.75, 3.05) is 0 Å². The normalized spacial score (nSPS) is 17.4. The van der Waals surface area contributed by atoms with Gasteiger partial charge in [0, 0.05) is 42.8 Å². The van der Waals surface area contributed by atoms with E-state index in [1.807, 2.05) is 6.92 Å². The molecule has 1 aliphatic heterocycles. The number of aliphatic hydroxyl groups excluding tert-OH is 1. The third kappa shape index (κ3) is 12.9. The third-order valence-corrected chi connectivity index (χ3v) is 3.52. The second-order valence-corrected chi connectivity index (χ2v) is 5.89. The van der Waals surface area contributed by atoms with Gasteiger partial charge in [0.25, 0.3) is 5.79 Å². The predicted octanol–water partition coefficient (Wildman–Crippen LogP) is 2.42. The molecular weight excluding hydrogens is 436 g/mol. The van der Waals surface area contributed by atoms with Gasteiger partial charge in [0.15, 0.2) is 5.92 Å². The van der Waals surface area contributed by atoms with E-state index in [-0.39, 0.29) is 23.0 Å². The zero-order chi connectivity index (χ0) is 23.6. The summed E-state index contributed by atoms with van der Waals surface area (Å²) in [6.07, 6.45) is 9.02. The van der Waals surface area contributed by atoms with Crippen molar-refractivity contribution in [3.63, 3.8) is 0 Å². The number of hydrogen-bond acceptors (Lipinski definition) is 5. The molecule has 164 valence electrons. The molecule has 1 N–H and O–H groups in total. The van der Waals surface area contributed by atoms with Gasteiger partial charge in [-0.15, -0.1) is 13.2 Å². The number of aliphatic hydroxyl groups is 1. The molecule has 9 heteroatoms. The van der Waals surface area contributed by atoms with Crippen LogP contribution in [0, 0.1) is 37.7 Å². The molecule has 0 aromatic carbocycles. The molecule has 1 fully saturated rings. The van der Waals surface area contributed by atoms with Gasteiger partial charge >= 0.3 is 45.8 Å². The Balaban J connectivity index is -0.000000441. The minimum absolute atomic E-state index is 0. The minimum Gasteiger partial charge on any atom is 0 e. The first-order valence-corrected chi connectivity index (χ1v) is 8.07. The van der Waals surface area contributed by atoms with Crippen LogP contribution in [0.4, 0.5) is 0 Å². The summed E-state index contributed by atoms with van der Waals surface area (Å²) in [5.41, 5.74) is 0. The number of carbonyl (C=O) groups is 2. The summed E-state index contributed by atoms with van der Waals surface area (Å²) in [6.45, 7) is 25.6. The number of hydrogen-bond donors (Lipinski definition) is 1. The molecule has 3 atom stereocenters. The fourth-order valence-corrected chi connectivity index (χ4v) is 2.05. The van der Waals surface area contributed by atoms with Crippen LogP contribution in [0.1, 0.15) is 20.8 Å². The Bertz CT molecular complexity index is 623. The molecule has 0 aromatic heterocycles. The zero-order valence-corrected chi connectivity index (χ0v) is 18.0. The smallest absolute Gasteiger partial charge is 0 e. The Kier molecular flexibility index (Phi) is 23.3. The second-order valence-electron chi connectivity index (χ2n) is 5.89. The fourth-order valence-electron chi connectivity index (χ4n) is 2.05. The van der Waals surface area contributed by atoms with E-state index >= 15 is 0 Å². The van der Waals surface area contributed by atoms with E-state index in [4.69, 9.17) is 23.4 Å². The SMILES string of the molecule is C=C[C@H](/C=C/C=C/[C@H](O)[C@H](C)C=C)C1C(=O)OC(C)(C)OC1=O.[C-]#[O+].[C-]#[O+].[C-]#[O+].[Fe]. The van der Waals surface area contributed by atoms with Crippen LogP contribution in [0.15, 0.2) is 49.6 Å². The second kappa shape index (κ2) is 19.9. The van der Waals surface area contributed by atoms with E-state index < -0.39 is 35.7 Å². The molecule has 8 nitrogen and oxygen atoms in total. The predicted molar refractivity (Wildman–Crippen MR) is 98.9 cm³/mol. The van der Waals surface area contributed by atoms with Crippen molar-refractivity contribution in [3.8, 4) is 0 Å². The maximum atomic E-state index is 12.0. The molecule has 0 saturated carbocycles. The van der Waals surface area contributed by atoms with E-state index in [9.17, 15) is 14.7 Å². The Morgan fingerprint density at radius 2 is 1.37 bits per heavy atom. The number of allylic oxidation sites excluding steroid dienone is 4. The summed E-state index contributed by atoms with van der Waals surface area (Å²) in [4.78, 5) is 24.0.